The van der Waals surface area contributed by atoms with Crippen LogP contribution in [-0.4, -0.2) is 47.4 Å². The van der Waals surface area contributed by atoms with Gasteiger partial charge in [-0.25, -0.2) is 0 Å². The lowest BCUT2D eigenvalue weighted by molar-refractivity contribution is -0.143. The summed E-state index contributed by atoms with van der Waals surface area (Å²) in [6, 6.07) is -0.646. The summed E-state index contributed by atoms with van der Waals surface area (Å²) in [4.78, 5) is 24.4. The number of amides is 1. The maximum Gasteiger partial charge on any atom is 0.305 e. The van der Waals surface area contributed by atoms with E-state index in [0.29, 0.717) is 19.4 Å². The lowest BCUT2D eigenvalue weighted by Crippen LogP contribution is -2.45. The van der Waals surface area contributed by atoms with Gasteiger partial charge in [-0.1, -0.05) is 199 Å². The van der Waals surface area contributed by atoms with E-state index in [1.54, 1.807) is 6.08 Å². The largest absolute Gasteiger partial charge is 0.466 e. The SMILES string of the molecule is CCCCCCCCCCC/C=C/C(O)C(CO)NC(=O)CCCCCCC/C=C\CCCCOC(=O)CCCCCCCCCCCCCCCCC. The van der Waals surface area contributed by atoms with E-state index in [-0.39, 0.29) is 18.5 Å². The first-order chi connectivity index (χ1) is 26.5. The van der Waals surface area contributed by atoms with Gasteiger partial charge >= 0.3 is 5.97 Å². The fourth-order valence-corrected chi connectivity index (χ4v) is 7.04. The highest BCUT2D eigenvalue weighted by molar-refractivity contribution is 5.76. The normalized spacial score (nSPS) is 12.9. The number of unbranched alkanes of at least 4 members (excludes halogenated alkanes) is 30. The second-order valence-electron chi connectivity index (χ2n) is 16.1. The molecule has 0 spiro atoms. The summed E-state index contributed by atoms with van der Waals surface area (Å²) >= 11 is 0. The van der Waals surface area contributed by atoms with Gasteiger partial charge in [0.05, 0.1) is 25.4 Å². The van der Waals surface area contributed by atoms with Gasteiger partial charge in [-0.05, 0) is 57.8 Å². The summed E-state index contributed by atoms with van der Waals surface area (Å²) < 4.78 is 5.43. The number of carbonyl (C=O) groups excluding carboxylic acids is 2. The molecule has 6 heteroatoms. The summed E-state index contributed by atoms with van der Waals surface area (Å²) in [7, 11) is 0. The minimum Gasteiger partial charge on any atom is -0.466 e. The van der Waals surface area contributed by atoms with Crippen LogP contribution in [0.2, 0.25) is 0 Å². The topological polar surface area (TPSA) is 95.9 Å². The predicted molar refractivity (Wildman–Crippen MR) is 232 cm³/mol. The van der Waals surface area contributed by atoms with Gasteiger partial charge in [0.25, 0.3) is 0 Å². The minimum absolute atomic E-state index is 0.0310. The highest BCUT2D eigenvalue weighted by atomic mass is 16.5. The Kier molecular flexibility index (Phi) is 42.7. The zero-order valence-electron chi connectivity index (χ0n) is 36.0. The van der Waals surface area contributed by atoms with E-state index in [1.807, 2.05) is 6.08 Å². The molecular weight excluding hydrogens is 671 g/mol. The van der Waals surface area contributed by atoms with Crippen LogP contribution in [0, 0.1) is 0 Å². The third-order valence-corrected chi connectivity index (χ3v) is 10.7. The van der Waals surface area contributed by atoms with Gasteiger partial charge in [0.15, 0.2) is 0 Å². The number of esters is 1. The van der Waals surface area contributed by atoms with Crippen molar-refractivity contribution in [1.82, 2.24) is 5.32 Å². The van der Waals surface area contributed by atoms with Crippen LogP contribution in [0.15, 0.2) is 24.3 Å². The number of rotatable bonds is 43. The molecule has 0 aliphatic carbocycles. The Morgan fingerprint density at radius 1 is 0.500 bits per heavy atom. The van der Waals surface area contributed by atoms with E-state index in [9.17, 15) is 19.8 Å². The number of ether oxygens (including phenoxy) is 1. The van der Waals surface area contributed by atoms with Gasteiger partial charge in [-0.15, -0.1) is 0 Å². The molecule has 3 N–H and O–H groups in total. The molecule has 2 atom stereocenters. The Hall–Kier alpha value is -1.66. The first-order valence-electron chi connectivity index (χ1n) is 23.6. The van der Waals surface area contributed by atoms with Crippen molar-refractivity contribution in [2.75, 3.05) is 13.2 Å². The minimum atomic E-state index is -0.860. The molecule has 0 rings (SSSR count). The molecule has 54 heavy (non-hydrogen) atoms. The van der Waals surface area contributed by atoms with E-state index in [4.69, 9.17) is 4.74 Å². The van der Waals surface area contributed by atoms with Gasteiger partial charge in [-0.2, -0.15) is 0 Å². The quantitative estimate of drug-likeness (QED) is 0.0327. The summed E-state index contributed by atoms with van der Waals surface area (Å²) in [5.74, 6) is -0.130. The van der Waals surface area contributed by atoms with Crippen molar-refractivity contribution in [3.63, 3.8) is 0 Å². The van der Waals surface area contributed by atoms with Crippen molar-refractivity contribution in [3.05, 3.63) is 24.3 Å². The molecule has 0 radical (unpaired) electrons. The molecule has 0 aromatic carbocycles. The second kappa shape index (κ2) is 44.1. The number of aliphatic hydroxyl groups is 2. The highest BCUT2D eigenvalue weighted by Crippen LogP contribution is 2.15. The zero-order chi connectivity index (χ0) is 39.4. The lowest BCUT2D eigenvalue weighted by Gasteiger charge is -2.20. The molecular formula is C48H91NO5. The van der Waals surface area contributed by atoms with Crippen molar-refractivity contribution < 1.29 is 24.5 Å². The number of aliphatic hydroxyl groups excluding tert-OH is 2. The molecule has 2 unspecified atom stereocenters. The molecule has 0 aromatic rings. The number of hydrogen-bond acceptors (Lipinski definition) is 5. The monoisotopic (exact) mass is 762 g/mol. The fourth-order valence-electron chi connectivity index (χ4n) is 7.04. The van der Waals surface area contributed by atoms with E-state index < -0.39 is 12.1 Å². The third kappa shape index (κ3) is 40.0. The van der Waals surface area contributed by atoms with Crippen LogP contribution in [0.4, 0.5) is 0 Å². The molecule has 1 amide bonds. The number of hydrogen-bond donors (Lipinski definition) is 3. The third-order valence-electron chi connectivity index (χ3n) is 10.7. The molecule has 0 aliphatic rings. The van der Waals surface area contributed by atoms with Crippen molar-refractivity contribution in [3.8, 4) is 0 Å². The van der Waals surface area contributed by atoms with Crippen LogP contribution < -0.4 is 5.32 Å². The van der Waals surface area contributed by atoms with Crippen LogP contribution >= 0.6 is 0 Å². The number of carbonyl (C=O) groups is 2. The smallest absolute Gasteiger partial charge is 0.305 e. The van der Waals surface area contributed by atoms with Crippen LogP contribution in [0.1, 0.15) is 245 Å². The summed E-state index contributed by atoms with van der Waals surface area (Å²) in [6.45, 7) is 4.80. The first kappa shape index (κ1) is 52.3. The summed E-state index contributed by atoms with van der Waals surface area (Å²) in [5, 5.41) is 22.9. The van der Waals surface area contributed by atoms with Gasteiger partial charge in [0.2, 0.25) is 5.91 Å². The fraction of sp³-hybridized carbons (Fsp3) is 0.875. The number of allylic oxidation sites excluding steroid dienone is 3. The average Bonchev–Trinajstić information content (AvgIpc) is 3.17. The van der Waals surface area contributed by atoms with Gasteiger partial charge in [0, 0.05) is 12.8 Å². The van der Waals surface area contributed by atoms with Gasteiger partial charge < -0.3 is 20.3 Å². The van der Waals surface area contributed by atoms with Crippen molar-refractivity contribution in [2.24, 2.45) is 0 Å². The van der Waals surface area contributed by atoms with Crippen LogP contribution in [-0.2, 0) is 14.3 Å². The Morgan fingerprint density at radius 3 is 1.31 bits per heavy atom. The maximum atomic E-state index is 12.4. The van der Waals surface area contributed by atoms with E-state index >= 15 is 0 Å². The van der Waals surface area contributed by atoms with Crippen molar-refractivity contribution >= 4 is 11.9 Å². The second-order valence-corrected chi connectivity index (χ2v) is 16.1. The molecule has 0 fully saturated rings. The Morgan fingerprint density at radius 2 is 0.870 bits per heavy atom. The molecule has 318 valence electrons. The lowest BCUT2D eigenvalue weighted by atomic mass is 10.0. The van der Waals surface area contributed by atoms with Crippen LogP contribution in [0.5, 0.6) is 0 Å². The summed E-state index contributed by atoms with van der Waals surface area (Å²) in [6.07, 6.45) is 50.3. The average molecular weight is 762 g/mol. The van der Waals surface area contributed by atoms with Crippen LogP contribution in [0.25, 0.3) is 0 Å². The van der Waals surface area contributed by atoms with Crippen molar-refractivity contribution in [1.29, 1.82) is 0 Å². The molecule has 0 aliphatic heterocycles. The molecule has 0 saturated heterocycles. The zero-order valence-corrected chi connectivity index (χ0v) is 36.0. The molecule has 0 heterocycles. The Bertz CT molecular complexity index is 843. The van der Waals surface area contributed by atoms with Gasteiger partial charge in [-0.3, -0.25) is 9.59 Å². The molecule has 0 bridgehead atoms. The van der Waals surface area contributed by atoms with Gasteiger partial charge in [0.1, 0.15) is 0 Å². The Labute approximate surface area is 335 Å². The molecule has 6 nitrogen and oxygen atoms in total. The molecule has 0 saturated carbocycles. The van der Waals surface area contributed by atoms with Crippen LogP contribution in [0.3, 0.4) is 0 Å². The van der Waals surface area contributed by atoms with E-state index in [1.165, 1.54) is 135 Å². The van der Waals surface area contributed by atoms with Crippen molar-refractivity contribution in [2.45, 2.75) is 257 Å². The van der Waals surface area contributed by atoms with E-state index in [2.05, 4.69) is 31.3 Å². The predicted octanol–water partition coefficient (Wildman–Crippen LogP) is 13.6. The Balaban J connectivity index is 3.53. The van der Waals surface area contributed by atoms with E-state index in [0.717, 1.165) is 83.5 Å². The summed E-state index contributed by atoms with van der Waals surface area (Å²) in [5.41, 5.74) is 0. The first-order valence-corrected chi connectivity index (χ1v) is 23.6. The molecule has 0 aromatic heterocycles. The maximum absolute atomic E-state index is 12.4. The number of nitrogens with one attached hydrogen (secondary N) is 1. The highest BCUT2D eigenvalue weighted by Gasteiger charge is 2.18. The standard InChI is InChI=1S/C48H91NO5/c1-3-5-7-9-11-13-15-16-17-18-22-26-30-34-38-42-48(53)54-43-39-35-31-27-23-19-21-25-29-33-37-41-47(52)49-45(44-50)46(51)40-36-32-28-24-20-14-12-10-8-6-4-2/h23,27,36,40,45-46,50-51H,3-22,24-26,28-35,37-39,41-44H2,1-2H3,(H,49,52)/b27-23-,40-36+.